The maximum absolute atomic E-state index is 9.38. The summed E-state index contributed by atoms with van der Waals surface area (Å²) in [6.07, 6.45) is -0.439. The summed E-state index contributed by atoms with van der Waals surface area (Å²) in [7, 11) is 0. The minimum atomic E-state index is -0.439. The molecule has 0 aromatic carbocycles. The van der Waals surface area contributed by atoms with E-state index in [-0.39, 0.29) is 0 Å². The Kier molecular flexibility index (Phi) is 9.83. The summed E-state index contributed by atoms with van der Waals surface area (Å²) in [6, 6.07) is 0. The Morgan fingerprint density at radius 2 is 2.20 bits per heavy atom. The fourth-order valence-electron chi connectivity index (χ4n) is 0.972. The summed E-state index contributed by atoms with van der Waals surface area (Å²) in [5.41, 5.74) is 1.02. The first-order valence-electron chi connectivity index (χ1n) is 5.35. The molecular weight excluding hydrogens is 194 g/mol. The van der Waals surface area contributed by atoms with Crippen LogP contribution >= 0.6 is 0 Å². The molecule has 4 heteroatoms. The Labute approximate surface area is 92.3 Å². The summed E-state index contributed by atoms with van der Waals surface area (Å²) in [6.45, 7) is 11.1. The van der Waals surface area contributed by atoms with E-state index >= 15 is 0 Å². The molecule has 1 unspecified atom stereocenters. The van der Waals surface area contributed by atoms with Gasteiger partial charge in [0.05, 0.1) is 25.9 Å². The predicted molar refractivity (Wildman–Crippen MR) is 61.0 cm³/mol. The van der Waals surface area contributed by atoms with E-state index in [4.69, 9.17) is 9.47 Å². The van der Waals surface area contributed by atoms with Gasteiger partial charge >= 0.3 is 0 Å². The van der Waals surface area contributed by atoms with Crippen LogP contribution in [0.2, 0.25) is 0 Å². The van der Waals surface area contributed by atoms with E-state index in [9.17, 15) is 5.11 Å². The van der Waals surface area contributed by atoms with Gasteiger partial charge in [-0.1, -0.05) is 12.2 Å². The lowest BCUT2D eigenvalue weighted by atomic mass is 10.4. The predicted octanol–water partition coefficient (Wildman–Crippen LogP) is 0.566. The minimum absolute atomic E-state index is 0.385. The first-order valence-corrected chi connectivity index (χ1v) is 5.35. The van der Waals surface area contributed by atoms with Crippen LogP contribution in [-0.4, -0.2) is 50.7 Å². The molecule has 0 fully saturated rings. The number of aliphatic hydroxyl groups excluding tert-OH is 1. The molecule has 2 N–H and O–H groups in total. The fourth-order valence-corrected chi connectivity index (χ4v) is 0.972. The number of aliphatic hydroxyl groups is 1. The lowest BCUT2D eigenvalue weighted by molar-refractivity contribution is 0.0417. The Hall–Kier alpha value is -0.420. The standard InChI is InChI=1S/C11H23NO3/c1-4-14-9-11(13)7-12-5-6-15-8-10(2)3/h11-13H,2,4-9H2,1,3H3. The molecule has 0 amide bonds. The van der Waals surface area contributed by atoms with E-state index in [0.717, 1.165) is 12.1 Å². The average molecular weight is 217 g/mol. The second-order valence-corrected chi connectivity index (χ2v) is 3.53. The Morgan fingerprint density at radius 1 is 1.47 bits per heavy atom. The highest BCUT2D eigenvalue weighted by Crippen LogP contribution is 1.87. The monoisotopic (exact) mass is 217 g/mol. The van der Waals surface area contributed by atoms with Gasteiger partial charge in [0.1, 0.15) is 0 Å². The van der Waals surface area contributed by atoms with Crippen molar-refractivity contribution >= 4 is 0 Å². The molecule has 0 rings (SSSR count). The van der Waals surface area contributed by atoms with Gasteiger partial charge in [0.25, 0.3) is 0 Å². The van der Waals surface area contributed by atoms with E-state index in [1.54, 1.807) is 0 Å². The van der Waals surface area contributed by atoms with Crippen LogP contribution in [0, 0.1) is 0 Å². The van der Waals surface area contributed by atoms with E-state index in [2.05, 4.69) is 11.9 Å². The summed E-state index contributed by atoms with van der Waals surface area (Å²) in [5, 5.41) is 12.5. The van der Waals surface area contributed by atoms with Gasteiger partial charge in [-0.3, -0.25) is 0 Å². The smallest absolute Gasteiger partial charge is 0.0897 e. The van der Waals surface area contributed by atoms with Crippen molar-refractivity contribution in [3.8, 4) is 0 Å². The molecule has 0 aliphatic carbocycles. The number of hydrogen-bond donors (Lipinski definition) is 2. The van der Waals surface area contributed by atoms with Crippen LogP contribution < -0.4 is 5.32 Å². The fraction of sp³-hybridized carbons (Fsp3) is 0.818. The second-order valence-electron chi connectivity index (χ2n) is 3.53. The Balaban J connectivity index is 3.12. The van der Waals surface area contributed by atoms with Gasteiger partial charge < -0.3 is 19.9 Å². The van der Waals surface area contributed by atoms with Crippen molar-refractivity contribution < 1.29 is 14.6 Å². The molecule has 0 aromatic rings. The molecule has 0 radical (unpaired) electrons. The third kappa shape index (κ3) is 11.5. The molecular formula is C11H23NO3. The number of hydrogen-bond acceptors (Lipinski definition) is 4. The first-order chi connectivity index (χ1) is 7.16. The molecule has 90 valence electrons. The molecule has 0 aliphatic rings. The molecule has 4 nitrogen and oxygen atoms in total. The van der Waals surface area contributed by atoms with Crippen LogP contribution in [-0.2, 0) is 9.47 Å². The molecule has 0 aliphatic heterocycles. The summed E-state index contributed by atoms with van der Waals surface area (Å²) in [4.78, 5) is 0. The first kappa shape index (κ1) is 14.6. The normalized spacial score (nSPS) is 12.7. The van der Waals surface area contributed by atoms with Crippen LogP contribution in [0.3, 0.4) is 0 Å². The highest BCUT2D eigenvalue weighted by atomic mass is 16.5. The van der Waals surface area contributed by atoms with Crippen LogP contribution in [0.5, 0.6) is 0 Å². The molecule has 0 aromatic heterocycles. The highest BCUT2D eigenvalue weighted by Gasteiger charge is 2.01. The van der Waals surface area contributed by atoms with Gasteiger partial charge in [-0.05, 0) is 13.8 Å². The minimum Gasteiger partial charge on any atom is -0.389 e. The van der Waals surface area contributed by atoms with Crippen molar-refractivity contribution in [1.82, 2.24) is 5.32 Å². The number of nitrogens with one attached hydrogen (secondary N) is 1. The van der Waals surface area contributed by atoms with Gasteiger partial charge in [-0.15, -0.1) is 0 Å². The third-order valence-electron chi connectivity index (χ3n) is 1.67. The molecule has 1 atom stereocenters. The van der Waals surface area contributed by atoms with E-state index in [1.165, 1.54) is 0 Å². The topological polar surface area (TPSA) is 50.7 Å². The van der Waals surface area contributed by atoms with Crippen molar-refractivity contribution in [2.75, 3.05) is 39.5 Å². The average Bonchev–Trinajstić information content (AvgIpc) is 2.19. The summed E-state index contributed by atoms with van der Waals surface area (Å²) < 4.78 is 10.4. The van der Waals surface area contributed by atoms with E-state index < -0.39 is 6.10 Å². The lowest BCUT2D eigenvalue weighted by Crippen LogP contribution is -2.32. The second kappa shape index (κ2) is 10.1. The van der Waals surface area contributed by atoms with E-state index in [0.29, 0.717) is 33.0 Å². The molecule has 0 heterocycles. The maximum atomic E-state index is 9.38. The van der Waals surface area contributed by atoms with Crippen molar-refractivity contribution in [2.45, 2.75) is 20.0 Å². The van der Waals surface area contributed by atoms with Crippen LogP contribution in [0.25, 0.3) is 0 Å². The van der Waals surface area contributed by atoms with Crippen LogP contribution in [0.15, 0.2) is 12.2 Å². The number of ether oxygens (including phenoxy) is 2. The van der Waals surface area contributed by atoms with Gasteiger partial charge in [-0.25, -0.2) is 0 Å². The summed E-state index contributed by atoms with van der Waals surface area (Å²) in [5.74, 6) is 0. The zero-order valence-corrected chi connectivity index (χ0v) is 9.79. The number of rotatable bonds is 10. The summed E-state index contributed by atoms with van der Waals surface area (Å²) >= 11 is 0. The maximum Gasteiger partial charge on any atom is 0.0897 e. The van der Waals surface area contributed by atoms with Gasteiger partial charge in [-0.2, -0.15) is 0 Å². The molecule has 0 bridgehead atoms. The third-order valence-corrected chi connectivity index (χ3v) is 1.67. The molecule has 0 saturated heterocycles. The van der Waals surface area contributed by atoms with Gasteiger partial charge in [0.15, 0.2) is 0 Å². The van der Waals surface area contributed by atoms with Crippen molar-refractivity contribution in [3.63, 3.8) is 0 Å². The largest absolute Gasteiger partial charge is 0.389 e. The molecule has 15 heavy (non-hydrogen) atoms. The highest BCUT2D eigenvalue weighted by molar-refractivity contribution is 4.87. The van der Waals surface area contributed by atoms with Crippen molar-refractivity contribution in [2.24, 2.45) is 0 Å². The van der Waals surface area contributed by atoms with E-state index in [1.807, 2.05) is 13.8 Å². The lowest BCUT2D eigenvalue weighted by Gasteiger charge is -2.11. The van der Waals surface area contributed by atoms with Crippen LogP contribution in [0.4, 0.5) is 0 Å². The zero-order chi connectivity index (χ0) is 11.5. The molecule has 0 saturated carbocycles. The SMILES string of the molecule is C=C(C)COCCNCC(O)COCC. The van der Waals surface area contributed by atoms with Crippen molar-refractivity contribution in [1.29, 1.82) is 0 Å². The Bertz CT molecular complexity index is 162. The van der Waals surface area contributed by atoms with Gasteiger partial charge in [0.2, 0.25) is 0 Å². The molecule has 0 spiro atoms. The van der Waals surface area contributed by atoms with Crippen LogP contribution in [0.1, 0.15) is 13.8 Å². The van der Waals surface area contributed by atoms with Crippen molar-refractivity contribution in [3.05, 3.63) is 12.2 Å². The quantitative estimate of drug-likeness (QED) is 0.415. The van der Waals surface area contributed by atoms with Gasteiger partial charge in [0, 0.05) is 19.7 Å². The Morgan fingerprint density at radius 3 is 2.80 bits per heavy atom. The zero-order valence-electron chi connectivity index (χ0n) is 9.79.